The van der Waals surface area contributed by atoms with Crippen LogP contribution in [0.5, 0.6) is 0 Å². The summed E-state index contributed by atoms with van der Waals surface area (Å²) in [5.74, 6) is -0.385. The first kappa shape index (κ1) is 14.7. The minimum absolute atomic E-state index is 0.0712. The van der Waals surface area contributed by atoms with Gasteiger partial charge in [0.05, 0.1) is 11.4 Å². The maximum absolute atomic E-state index is 13.0. The Hall–Kier alpha value is -2.24. The van der Waals surface area contributed by atoms with Crippen LogP contribution in [0.25, 0.3) is 5.69 Å². The highest BCUT2D eigenvalue weighted by Gasteiger charge is 2.27. The molecule has 1 fully saturated rings. The second-order valence-corrected chi connectivity index (χ2v) is 5.74. The molecule has 22 heavy (non-hydrogen) atoms. The van der Waals surface area contributed by atoms with Gasteiger partial charge in [-0.2, -0.15) is 9.90 Å². The highest BCUT2D eigenvalue weighted by Crippen LogP contribution is 2.20. The number of nitrogens with zero attached hydrogens (tertiary/aromatic N) is 4. The molecule has 0 N–H and O–H groups in total. The molecular weight excluding hydrogens is 283 g/mol. The molecule has 1 saturated heterocycles. The van der Waals surface area contributed by atoms with Gasteiger partial charge in [-0.15, -0.1) is 5.10 Å². The van der Waals surface area contributed by atoms with Gasteiger partial charge in [-0.05, 0) is 57.4 Å². The van der Waals surface area contributed by atoms with Crippen LogP contribution in [-0.4, -0.2) is 38.4 Å². The van der Waals surface area contributed by atoms with Crippen molar-refractivity contribution in [2.75, 3.05) is 6.54 Å². The molecule has 1 amide bonds. The van der Waals surface area contributed by atoms with Crippen molar-refractivity contribution in [2.45, 2.75) is 39.2 Å². The lowest BCUT2D eigenvalue weighted by Gasteiger charge is -2.32. The van der Waals surface area contributed by atoms with Gasteiger partial charge < -0.3 is 4.90 Å². The summed E-state index contributed by atoms with van der Waals surface area (Å²) in [7, 11) is 0. The number of benzene rings is 1. The van der Waals surface area contributed by atoms with Gasteiger partial charge in [0, 0.05) is 12.6 Å². The van der Waals surface area contributed by atoms with Gasteiger partial charge in [0.1, 0.15) is 5.82 Å². The fourth-order valence-electron chi connectivity index (χ4n) is 2.80. The topological polar surface area (TPSA) is 51.0 Å². The molecule has 2 aromatic rings. The molecule has 0 spiro atoms. The largest absolute Gasteiger partial charge is 0.334 e. The van der Waals surface area contributed by atoms with Crippen molar-refractivity contribution in [2.24, 2.45) is 0 Å². The summed E-state index contributed by atoms with van der Waals surface area (Å²) in [6, 6.07) is 6.11. The lowest BCUT2D eigenvalue weighted by atomic mass is 10.0. The van der Waals surface area contributed by atoms with Crippen molar-refractivity contribution in [1.29, 1.82) is 0 Å². The van der Waals surface area contributed by atoms with E-state index in [1.54, 1.807) is 19.1 Å². The zero-order valence-electron chi connectivity index (χ0n) is 12.8. The third kappa shape index (κ3) is 2.73. The van der Waals surface area contributed by atoms with E-state index in [0.717, 1.165) is 25.8 Å². The molecule has 6 heteroatoms. The number of likely N-dealkylation sites (tertiary alicyclic amines) is 1. The first-order chi connectivity index (χ1) is 10.6. The van der Waals surface area contributed by atoms with Gasteiger partial charge in [0.25, 0.3) is 5.91 Å². The zero-order chi connectivity index (χ0) is 15.7. The summed E-state index contributed by atoms with van der Waals surface area (Å²) in [6.07, 6.45) is 3.21. The summed E-state index contributed by atoms with van der Waals surface area (Å²) < 4.78 is 13.0. The molecule has 1 aliphatic heterocycles. The Balaban J connectivity index is 1.88. The molecule has 0 saturated carbocycles. The van der Waals surface area contributed by atoms with Crippen LogP contribution in [-0.2, 0) is 0 Å². The number of carbonyl (C=O) groups is 1. The summed E-state index contributed by atoms with van der Waals surface area (Å²) in [5, 5.41) is 8.60. The van der Waals surface area contributed by atoms with Crippen LogP contribution in [0, 0.1) is 12.7 Å². The van der Waals surface area contributed by atoms with Gasteiger partial charge in [-0.1, -0.05) is 0 Å². The number of halogens is 1. The van der Waals surface area contributed by atoms with Gasteiger partial charge in [0.2, 0.25) is 0 Å². The van der Waals surface area contributed by atoms with Crippen LogP contribution < -0.4 is 0 Å². The number of carbonyl (C=O) groups excluding carboxylic acids is 1. The molecule has 1 aromatic carbocycles. The average Bonchev–Trinajstić information content (AvgIpc) is 2.90. The van der Waals surface area contributed by atoms with Gasteiger partial charge in [-0.25, -0.2) is 4.39 Å². The predicted octanol–water partition coefficient (Wildman–Crippen LogP) is 2.73. The summed E-state index contributed by atoms with van der Waals surface area (Å²) in [5.41, 5.74) is 1.60. The molecule has 0 aliphatic carbocycles. The standard InChI is InChI=1S/C16H19FN4O/c1-11-5-3-4-10-20(11)16(22)15-12(2)18-21(19-15)14-8-6-13(17)7-9-14/h6-9,11H,3-5,10H2,1-2H3/t11-/m1/s1. The Morgan fingerprint density at radius 2 is 1.95 bits per heavy atom. The van der Waals surface area contributed by atoms with E-state index in [9.17, 15) is 9.18 Å². The van der Waals surface area contributed by atoms with Crippen LogP contribution in [0.1, 0.15) is 42.4 Å². The predicted molar refractivity (Wildman–Crippen MR) is 80.4 cm³/mol. The lowest BCUT2D eigenvalue weighted by molar-refractivity contribution is 0.0628. The van der Waals surface area contributed by atoms with Gasteiger partial charge in [-0.3, -0.25) is 4.79 Å². The number of aromatic nitrogens is 3. The number of piperidine rings is 1. The third-order valence-corrected chi connectivity index (χ3v) is 4.11. The maximum atomic E-state index is 13.0. The van der Waals surface area contributed by atoms with Crippen LogP contribution in [0.2, 0.25) is 0 Å². The van der Waals surface area contributed by atoms with Gasteiger partial charge in [0.15, 0.2) is 5.69 Å². The molecule has 0 unspecified atom stereocenters. The van der Waals surface area contributed by atoms with E-state index in [0.29, 0.717) is 17.1 Å². The molecule has 5 nitrogen and oxygen atoms in total. The fourth-order valence-corrected chi connectivity index (χ4v) is 2.80. The summed E-state index contributed by atoms with van der Waals surface area (Å²) in [6.45, 7) is 4.61. The smallest absolute Gasteiger partial charge is 0.276 e. The molecule has 1 aromatic heterocycles. The van der Waals surface area contributed by atoms with Crippen molar-refractivity contribution in [3.05, 3.63) is 41.5 Å². The molecular formula is C16H19FN4O. The van der Waals surface area contributed by atoms with E-state index < -0.39 is 0 Å². The number of aryl methyl sites for hydroxylation is 1. The monoisotopic (exact) mass is 302 g/mol. The second-order valence-electron chi connectivity index (χ2n) is 5.74. The van der Waals surface area contributed by atoms with E-state index in [-0.39, 0.29) is 17.8 Å². The first-order valence-corrected chi connectivity index (χ1v) is 7.57. The molecule has 3 rings (SSSR count). The number of hydrogen-bond donors (Lipinski definition) is 0. The minimum Gasteiger partial charge on any atom is -0.334 e. The Morgan fingerprint density at radius 3 is 2.64 bits per heavy atom. The summed E-state index contributed by atoms with van der Waals surface area (Å²) in [4.78, 5) is 15.9. The average molecular weight is 302 g/mol. The molecule has 1 aliphatic rings. The SMILES string of the molecule is Cc1nn(-c2ccc(F)cc2)nc1C(=O)N1CCCC[C@H]1C. The van der Waals surface area contributed by atoms with E-state index in [4.69, 9.17) is 0 Å². The van der Waals surface area contributed by atoms with Crippen molar-refractivity contribution >= 4 is 5.91 Å². The Labute approximate surface area is 128 Å². The number of hydrogen-bond acceptors (Lipinski definition) is 3. The zero-order valence-corrected chi connectivity index (χ0v) is 12.8. The highest BCUT2D eigenvalue weighted by atomic mass is 19.1. The van der Waals surface area contributed by atoms with Crippen LogP contribution in [0.15, 0.2) is 24.3 Å². The summed E-state index contributed by atoms with van der Waals surface area (Å²) >= 11 is 0. The number of rotatable bonds is 2. The van der Waals surface area contributed by atoms with Crippen molar-refractivity contribution < 1.29 is 9.18 Å². The molecule has 0 bridgehead atoms. The highest BCUT2D eigenvalue weighted by molar-refractivity contribution is 5.93. The number of amides is 1. The first-order valence-electron chi connectivity index (χ1n) is 7.57. The van der Waals surface area contributed by atoms with E-state index in [1.165, 1.54) is 16.9 Å². The van der Waals surface area contributed by atoms with Crippen molar-refractivity contribution in [3.63, 3.8) is 0 Å². The Morgan fingerprint density at radius 1 is 1.23 bits per heavy atom. The third-order valence-electron chi connectivity index (χ3n) is 4.11. The molecule has 116 valence electrons. The Bertz CT molecular complexity index is 680. The molecule has 0 radical (unpaired) electrons. The molecule has 2 heterocycles. The fraction of sp³-hybridized carbons (Fsp3) is 0.438. The normalized spacial score (nSPS) is 18.5. The quantitative estimate of drug-likeness (QED) is 0.857. The van der Waals surface area contributed by atoms with Crippen LogP contribution in [0.4, 0.5) is 4.39 Å². The Kier molecular flexibility index (Phi) is 3.92. The van der Waals surface area contributed by atoms with E-state index in [2.05, 4.69) is 17.1 Å². The minimum atomic E-state index is -0.314. The van der Waals surface area contributed by atoms with Crippen molar-refractivity contribution in [1.82, 2.24) is 19.9 Å². The van der Waals surface area contributed by atoms with E-state index >= 15 is 0 Å². The maximum Gasteiger partial charge on any atom is 0.276 e. The van der Waals surface area contributed by atoms with Gasteiger partial charge >= 0.3 is 0 Å². The second kappa shape index (κ2) is 5.87. The molecule has 1 atom stereocenters. The van der Waals surface area contributed by atoms with Crippen molar-refractivity contribution in [3.8, 4) is 5.69 Å². The van der Waals surface area contributed by atoms with Crippen LogP contribution in [0.3, 0.4) is 0 Å². The lowest BCUT2D eigenvalue weighted by Crippen LogP contribution is -2.42. The van der Waals surface area contributed by atoms with Crippen LogP contribution >= 0.6 is 0 Å². The van der Waals surface area contributed by atoms with E-state index in [1.807, 2.05) is 4.90 Å².